The summed E-state index contributed by atoms with van der Waals surface area (Å²) in [6, 6.07) is 10.2. The van der Waals surface area contributed by atoms with Gasteiger partial charge in [0.05, 0.1) is 16.7 Å². The van der Waals surface area contributed by atoms with Crippen molar-refractivity contribution in [3.63, 3.8) is 0 Å². The zero-order chi connectivity index (χ0) is 27.9. The number of carbonyl (C=O) groups excluding carboxylic acids is 1. The highest BCUT2D eigenvalue weighted by atomic mass is 32.2. The first kappa shape index (κ1) is 30.0. The van der Waals surface area contributed by atoms with Gasteiger partial charge in [0.1, 0.15) is 11.3 Å². The van der Waals surface area contributed by atoms with Crippen LogP contribution in [0.25, 0.3) is 10.2 Å². The maximum Gasteiger partial charge on any atom is 0.260 e. The largest absolute Gasteiger partial charge is 0.494 e. The van der Waals surface area contributed by atoms with E-state index in [0.29, 0.717) is 42.6 Å². The minimum absolute atomic E-state index is 0.210. The lowest BCUT2D eigenvalue weighted by Crippen LogP contribution is -2.37. The van der Waals surface area contributed by atoms with Gasteiger partial charge in [0.25, 0.3) is 5.91 Å². The number of thiazole rings is 1. The fourth-order valence-electron chi connectivity index (χ4n) is 4.06. The number of ether oxygens (including phenoxy) is 1. The highest BCUT2D eigenvalue weighted by Crippen LogP contribution is 2.37. The van der Waals surface area contributed by atoms with E-state index in [1.54, 1.807) is 40.6 Å². The molecule has 38 heavy (non-hydrogen) atoms. The average molecular weight is 561 g/mol. The molecule has 3 aromatic rings. The number of fused-ring (bicyclic) bond motifs is 1. The molecule has 0 aliphatic heterocycles. The summed E-state index contributed by atoms with van der Waals surface area (Å²) in [4.78, 5) is 22.4. The predicted molar refractivity (Wildman–Crippen MR) is 156 cm³/mol. The molecule has 0 aliphatic rings. The van der Waals surface area contributed by atoms with Crippen molar-refractivity contribution >= 4 is 42.6 Å². The molecule has 0 unspecified atom stereocenters. The van der Waals surface area contributed by atoms with E-state index in [1.165, 1.54) is 11.3 Å². The van der Waals surface area contributed by atoms with Crippen molar-refractivity contribution in [1.82, 2.24) is 14.2 Å². The van der Waals surface area contributed by atoms with Crippen molar-refractivity contribution < 1.29 is 17.9 Å². The van der Waals surface area contributed by atoms with Crippen molar-refractivity contribution in [2.45, 2.75) is 51.3 Å². The Balaban J connectivity index is 1.94. The smallest absolute Gasteiger partial charge is 0.260 e. The van der Waals surface area contributed by atoms with Gasteiger partial charge in [0, 0.05) is 31.7 Å². The van der Waals surface area contributed by atoms with E-state index in [1.807, 2.05) is 38.1 Å². The molecule has 10 heteroatoms. The number of nitrogens with zero attached hydrogens (tertiary/aromatic N) is 4. The van der Waals surface area contributed by atoms with E-state index >= 15 is 0 Å². The Morgan fingerprint density at radius 2 is 1.58 bits per heavy atom. The minimum atomic E-state index is -3.63. The van der Waals surface area contributed by atoms with Gasteiger partial charge in [-0.25, -0.2) is 13.4 Å². The van der Waals surface area contributed by atoms with Crippen LogP contribution in [0.4, 0.5) is 5.13 Å². The zero-order valence-corrected chi connectivity index (χ0v) is 25.0. The van der Waals surface area contributed by atoms with Crippen LogP contribution in [0.5, 0.6) is 5.75 Å². The van der Waals surface area contributed by atoms with E-state index in [0.717, 1.165) is 41.5 Å². The molecule has 3 rings (SSSR count). The number of sulfonamides is 1. The summed E-state index contributed by atoms with van der Waals surface area (Å²) < 4.78 is 34.8. The van der Waals surface area contributed by atoms with Crippen molar-refractivity contribution in [1.29, 1.82) is 0 Å². The number of benzene rings is 2. The topological polar surface area (TPSA) is 83.1 Å². The molecule has 0 fully saturated rings. The molecule has 0 saturated heterocycles. The number of rotatable bonds is 14. The predicted octanol–water partition coefficient (Wildman–Crippen LogP) is 5.41. The SMILES string of the molecule is CCCCN(CCCC)S(=O)(=O)c1ccc(C(=O)N(CCN(C)C)c2nc3c(OC)ccc(C)c3s2)cc1. The van der Waals surface area contributed by atoms with Crippen molar-refractivity contribution in [2.24, 2.45) is 0 Å². The van der Waals surface area contributed by atoms with Crippen LogP contribution in [0.2, 0.25) is 0 Å². The van der Waals surface area contributed by atoms with Crippen LogP contribution in [-0.2, 0) is 10.0 Å². The molecule has 1 amide bonds. The molecular formula is C28H40N4O4S2. The van der Waals surface area contributed by atoms with Gasteiger partial charge in [0.15, 0.2) is 5.13 Å². The first-order valence-corrected chi connectivity index (χ1v) is 15.4. The number of likely N-dealkylation sites (N-methyl/N-ethyl adjacent to an activating group) is 1. The maximum atomic E-state index is 13.7. The lowest BCUT2D eigenvalue weighted by molar-refractivity contribution is 0.0985. The second-order valence-electron chi connectivity index (χ2n) is 9.65. The number of unbranched alkanes of at least 4 members (excludes halogenated alkanes) is 2. The summed E-state index contributed by atoms with van der Waals surface area (Å²) in [7, 11) is 1.89. The lowest BCUT2D eigenvalue weighted by atomic mass is 10.2. The third-order valence-corrected chi connectivity index (χ3v) is 9.55. The highest BCUT2D eigenvalue weighted by Gasteiger charge is 2.26. The number of aryl methyl sites for hydroxylation is 1. The Bertz CT molecular complexity index is 1310. The Hall–Kier alpha value is -2.53. The number of amides is 1. The van der Waals surface area contributed by atoms with Gasteiger partial charge in [0.2, 0.25) is 10.0 Å². The minimum Gasteiger partial charge on any atom is -0.494 e. The first-order valence-electron chi connectivity index (χ1n) is 13.1. The third kappa shape index (κ3) is 6.91. The van der Waals surface area contributed by atoms with Crippen LogP contribution < -0.4 is 9.64 Å². The molecule has 0 N–H and O–H groups in total. The summed E-state index contributed by atoms with van der Waals surface area (Å²) in [5.41, 5.74) is 2.21. The lowest BCUT2D eigenvalue weighted by Gasteiger charge is -2.23. The van der Waals surface area contributed by atoms with Gasteiger partial charge in [-0.3, -0.25) is 9.69 Å². The second-order valence-corrected chi connectivity index (χ2v) is 12.6. The Kier molecular flexibility index (Phi) is 10.7. The Labute approximate surface area is 231 Å². The highest BCUT2D eigenvalue weighted by molar-refractivity contribution is 7.89. The first-order chi connectivity index (χ1) is 18.1. The standard InChI is InChI=1S/C28H40N4O4S2/c1-7-9-17-31(18-10-8-2)38(34,35)23-14-12-22(13-15-23)27(33)32(20-19-30(4)5)28-29-25-24(36-6)16-11-21(3)26(25)37-28/h11-16H,7-10,17-20H2,1-6H3. The molecule has 1 aromatic heterocycles. The summed E-state index contributed by atoms with van der Waals surface area (Å²) >= 11 is 1.46. The van der Waals surface area contributed by atoms with E-state index in [4.69, 9.17) is 9.72 Å². The summed E-state index contributed by atoms with van der Waals surface area (Å²) in [5, 5.41) is 0.585. The molecule has 8 nitrogen and oxygen atoms in total. The number of carbonyl (C=O) groups is 1. The van der Waals surface area contributed by atoms with Gasteiger partial charge in [-0.1, -0.05) is 44.1 Å². The molecule has 0 saturated carbocycles. The van der Waals surface area contributed by atoms with Crippen LogP contribution >= 0.6 is 11.3 Å². The van der Waals surface area contributed by atoms with Gasteiger partial charge in [-0.2, -0.15) is 4.31 Å². The van der Waals surface area contributed by atoms with Crippen LogP contribution in [0.1, 0.15) is 55.5 Å². The monoisotopic (exact) mass is 560 g/mol. The molecule has 0 bridgehead atoms. The molecule has 208 valence electrons. The van der Waals surface area contributed by atoms with Gasteiger partial charge < -0.3 is 9.64 Å². The number of anilines is 1. The number of aromatic nitrogens is 1. The number of hydrogen-bond donors (Lipinski definition) is 0. The Morgan fingerprint density at radius 3 is 2.13 bits per heavy atom. The average Bonchev–Trinajstić information content (AvgIpc) is 3.35. The van der Waals surface area contributed by atoms with Gasteiger partial charge in [-0.15, -0.1) is 0 Å². The van der Waals surface area contributed by atoms with Gasteiger partial charge in [-0.05, 0) is 69.8 Å². The molecule has 0 aliphatic carbocycles. The van der Waals surface area contributed by atoms with E-state index < -0.39 is 10.0 Å². The molecule has 0 spiro atoms. The van der Waals surface area contributed by atoms with Crippen molar-refractivity contribution in [3.05, 3.63) is 47.5 Å². The zero-order valence-electron chi connectivity index (χ0n) is 23.4. The van der Waals surface area contributed by atoms with Crippen LogP contribution in [0.3, 0.4) is 0 Å². The van der Waals surface area contributed by atoms with E-state index in [-0.39, 0.29) is 10.8 Å². The van der Waals surface area contributed by atoms with Crippen LogP contribution in [0, 0.1) is 6.92 Å². The fourth-order valence-corrected chi connectivity index (χ4v) is 6.65. The second kappa shape index (κ2) is 13.5. The Morgan fingerprint density at radius 1 is 0.947 bits per heavy atom. The van der Waals surface area contributed by atoms with Gasteiger partial charge >= 0.3 is 0 Å². The molecule has 0 atom stereocenters. The molecular weight excluding hydrogens is 520 g/mol. The summed E-state index contributed by atoms with van der Waals surface area (Å²) in [6.45, 7) is 8.20. The van der Waals surface area contributed by atoms with Crippen molar-refractivity contribution in [2.75, 3.05) is 52.3 Å². The van der Waals surface area contributed by atoms with E-state index in [2.05, 4.69) is 13.8 Å². The maximum absolute atomic E-state index is 13.7. The molecule has 2 aromatic carbocycles. The molecule has 1 heterocycles. The van der Waals surface area contributed by atoms with Crippen LogP contribution in [-0.4, -0.2) is 75.9 Å². The quantitative estimate of drug-likeness (QED) is 0.262. The third-order valence-electron chi connectivity index (χ3n) is 6.42. The number of hydrogen-bond acceptors (Lipinski definition) is 7. The molecule has 0 radical (unpaired) electrons. The summed E-state index contributed by atoms with van der Waals surface area (Å²) in [6.07, 6.45) is 3.47. The van der Waals surface area contributed by atoms with Crippen molar-refractivity contribution in [3.8, 4) is 5.75 Å². The summed E-state index contributed by atoms with van der Waals surface area (Å²) in [5.74, 6) is 0.443. The van der Waals surface area contributed by atoms with E-state index in [9.17, 15) is 13.2 Å². The normalized spacial score (nSPS) is 12.0. The fraction of sp³-hybridized carbons (Fsp3) is 0.500. The van der Waals surface area contributed by atoms with Crippen LogP contribution in [0.15, 0.2) is 41.3 Å². The number of methoxy groups -OCH3 is 1.